The fraction of sp³-hybridized carbons (Fsp3) is 0.429. The van der Waals surface area contributed by atoms with E-state index in [0.717, 1.165) is 5.56 Å². The summed E-state index contributed by atoms with van der Waals surface area (Å²) in [5.41, 5.74) is 1.50. The first-order valence-corrected chi connectivity index (χ1v) is 6.55. The van der Waals surface area contributed by atoms with Crippen molar-refractivity contribution in [2.24, 2.45) is 11.8 Å². The summed E-state index contributed by atoms with van der Waals surface area (Å²) >= 11 is 5.93. The molecule has 1 heterocycles. The highest BCUT2D eigenvalue weighted by Crippen LogP contribution is 2.26. The topological polar surface area (TPSA) is 57.6 Å². The van der Waals surface area contributed by atoms with E-state index >= 15 is 0 Å². The summed E-state index contributed by atoms with van der Waals surface area (Å²) in [5, 5.41) is 9.45. The number of benzene rings is 1. The fourth-order valence-corrected chi connectivity index (χ4v) is 2.53. The van der Waals surface area contributed by atoms with Crippen molar-refractivity contribution in [3.05, 3.63) is 34.3 Å². The number of amides is 1. The molecule has 1 amide bonds. The van der Waals surface area contributed by atoms with Crippen LogP contribution in [-0.2, 0) is 4.79 Å². The Morgan fingerprint density at radius 3 is 2.53 bits per heavy atom. The summed E-state index contributed by atoms with van der Waals surface area (Å²) in [7, 11) is 0. The maximum absolute atomic E-state index is 12.2. The number of aliphatic carboxylic acids is 1. The Labute approximate surface area is 117 Å². The summed E-state index contributed by atoms with van der Waals surface area (Å²) in [5.74, 6) is -1.26. The molecule has 1 N–H and O–H groups in total. The van der Waals surface area contributed by atoms with Crippen molar-refractivity contribution in [2.75, 3.05) is 13.1 Å². The smallest absolute Gasteiger partial charge is 0.306 e. The predicted molar refractivity (Wildman–Crippen MR) is 72.4 cm³/mol. The summed E-state index contributed by atoms with van der Waals surface area (Å²) in [6.45, 7) is 4.56. The molecule has 102 valence electrons. The molecule has 0 bridgehead atoms. The van der Waals surface area contributed by atoms with Gasteiger partial charge in [0.15, 0.2) is 0 Å². The first kappa shape index (κ1) is 13.9. The molecule has 0 radical (unpaired) electrons. The minimum atomic E-state index is -0.810. The zero-order chi connectivity index (χ0) is 14.2. The highest BCUT2D eigenvalue weighted by molar-refractivity contribution is 6.31. The standard InChI is InChI=1S/C14H16ClNO3/c1-8-3-10(5-12(15)4-8)13(17)16-6-11(7-16)9(2)14(18)19/h3-5,9,11H,6-7H2,1-2H3,(H,18,19). The van der Waals surface area contributed by atoms with E-state index in [1.165, 1.54) is 0 Å². The van der Waals surface area contributed by atoms with Crippen LogP contribution in [0.5, 0.6) is 0 Å². The first-order valence-electron chi connectivity index (χ1n) is 6.17. The van der Waals surface area contributed by atoms with Crippen LogP contribution in [0.4, 0.5) is 0 Å². The van der Waals surface area contributed by atoms with Crippen LogP contribution in [0, 0.1) is 18.8 Å². The molecular formula is C14H16ClNO3. The molecule has 1 aliphatic heterocycles. The third-order valence-electron chi connectivity index (χ3n) is 3.58. The third kappa shape index (κ3) is 2.89. The molecule has 1 aliphatic rings. The number of carboxylic acid groups (broad SMARTS) is 1. The van der Waals surface area contributed by atoms with Gasteiger partial charge in [0.1, 0.15) is 0 Å². The van der Waals surface area contributed by atoms with Gasteiger partial charge in [-0.3, -0.25) is 9.59 Å². The molecule has 0 aliphatic carbocycles. The van der Waals surface area contributed by atoms with E-state index in [0.29, 0.717) is 23.7 Å². The van der Waals surface area contributed by atoms with Gasteiger partial charge < -0.3 is 10.0 Å². The number of hydrogen-bond acceptors (Lipinski definition) is 2. The molecule has 0 saturated carbocycles. The number of nitrogens with zero attached hydrogens (tertiary/aromatic N) is 1. The second-order valence-electron chi connectivity index (χ2n) is 5.11. The van der Waals surface area contributed by atoms with Crippen LogP contribution in [-0.4, -0.2) is 35.0 Å². The molecule has 1 atom stereocenters. The number of likely N-dealkylation sites (tertiary alicyclic amines) is 1. The average molecular weight is 282 g/mol. The lowest BCUT2D eigenvalue weighted by atomic mass is 9.86. The molecule has 0 aromatic heterocycles. The number of carbonyl (C=O) groups is 2. The molecule has 1 fully saturated rings. The second kappa shape index (κ2) is 5.21. The largest absolute Gasteiger partial charge is 0.481 e. The SMILES string of the molecule is Cc1cc(Cl)cc(C(=O)N2CC(C(C)C(=O)O)C2)c1. The quantitative estimate of drug-likeness (QED) is 0.926. The summed E-state index contributed by atoms with van der Waals surface area (Å²) in [6, 6.07) is 5.23. The Bertz CT molecular complexity index is 503. The number of hydrogen-bond donors (Lipinski definition) is 1. The maximum atomic E-state index is 12.2. The van der Waals surface area contributed by atoms with Crippen LogP contribution in [0.25, 0.3) is 0 Å². The Hall–Kier alpha value is -1.55. The number of carbonyl (C=O) groups excluding carboxylic acids is 1. The summed E-state index contributed by atoms with van der Waals surface area (Å²) < 4.78 is 0. The van der Waals surface area contributed by atoms with E-state index in [-0.39, 0.29) is 11.8 Å². The van der Waals surface area contributed by atoms with Gasteiger partial charge in [-0.15, -0.1) is 0 Å². The number of carboxylic acids is 1. The molecule has 0 spiro atoms. The minimum absolute atomic E-state index is 0.0433. The van der Waals surface area contributed by atoms with Gasteiger partial charge in [0.2, 0.25) is 0 Å². The van der Waals surface area contributed by atoms with Crippen molar-refractivity contribution in [2.45, 2.75) is 13.8 Å². The highest BCUT2D eigenvalue weighted by Gasteiger charge is 2.37. The lowest BCUT2D eigenvalue weighted by Gasteiger charge is -2.41. The van der Waals surface area contributed by atoms with Gasteiger partial charge >= 0.3 is 5.97 Å². The van der Waals surface area contributed by atoms with Crippen molar-refractivity contribution in [1.82, 2.24) is 4.90 Å². The molecule has 5 heteroatoms. The lowest BCUT2D eigenvalue weighted by molar-refractivity contribution is -0.144. The van der Waals surface area contributed by atoms with Gasteiger partial charge in [0.25, 0.3) is 5.91 Å². The van der Waals surface area contributed by atoms with Gasteiger partial charge in [-0.05, 0) is 30.7 Å². The molecular weight excluding hydrogens is 266 g/mol. The molecule has 19 heavy (non-hydrogen) atoms. The monoisotopic (exact) mass is 281 g/mol. The zero-order valence-electron chi connectivity index (χ0n) is 10.9. The van der Waals surface area contributed by atoms with E-state index in [1.807, 2.05) is 6.92 Å². The fourth-order valence-electron chi connectivity index (χ4n) is 2.24. The van der Waals surface area contributed by atoms with Crippen molar-refractivity contribution < 1.29 is 14.7 Å². The Balaban J connectivity index is 2.02. The van der Waals surface area contributed by atoms with Crippen LogP contribution >= 0.6 is 11.6 Å². The van der Waals surface area contributed by atoms with E-state index in [9.17, 15) is 9.59 Å². The van der Waals surface area contributed by atoms with Crippen molar-refractivity contribution in [1.29, 1.82) is 0 Å². The van der Waals surface area contributed by atoms with Crippen molar-refractivity contribution in [3.8, 4) is 0 Å². The molecule has 1 saturated heterocycles. The average Bonchev–Trinajstić information content (AvgIpc) is 2.25. The van der Waals surface area contributed by atoms with Gasteiger partial charge in [0, 0.05) is 29.6 Å². The molecule has 2 rings (SSSR count). The van der Waals surface area contributed by atoms with Crippen LogP contribution < -0.4 is 0 Å². The molecule has 4 nitrogen and oxygen atoms in total. The van der Waals surface area contributed by atoms with Crippen LogP contribution in [0.3, 0.4) is 0 Å². The molecule has 1 unspecified atom stereocenters. The normalized spacial score (nSPS) is 16.9. The van der Waals surface area contributed by atoms with Crippen molar-refractivity contribution >= 4 is 23.5 Å². The Morgan fingerprint density at radius 1 is 1.37 bits per heavy atom. The van der Waals surface area contributed by atoms with E-state index in [4.69, 9.17) is 16.7 Å². The minimum Gasteiger partial charge on any atom is -0.481 e. The predicted octanol–water partition coefficient (Wildman–Crippen LogP) is 2.44. The van der Waals surface area contributed by atoms with Crippen LogP contribution in [0.2, 0.25) is 5.02 Å². The number of rotatable bonds is 3. The second-order valence-corrected chi connectivity index (χ2v) is 5.55. The Morgan fingerprint density at radius 2 is 2.00 bits per heavy atom. The molecule has 1 aromatic rings. The highest BCUT2D eigenvalue weighted by atomic mass is 35.5. The van der Waals surface area contributed by atoms with Gasteiger partial charge in [-0.2, -0.15) is 0 Å². The van der Waals surface area contributed by atoms with E-state index in [1.54, 1.807) is 30.0 Å². The van der Waals surface area contributed by atoms with E-state index in [2.05, 4.69) is 0 Å². The van der Waals surface area contributed by atoms with Crippen molar-refractivity contribution in [3.63, 3.8) is 0 Å². The number of aryl methyl sites for hydroxylation is 1. The van der Waals surface area contributed by atoms with Gasteiger partial charge in [-0.1, -0.05) is 18.5 Å². The maximum Gasteiger partial charge on any atom is 0.306 e. The van der Waals surface area contributed by atoms with Gasteiger partial charge in [-0.25, -0.2) is 0 Å². The zero-order valence-corrected chi connectivity index (χ0v) is 11.6. The van der Waals surface area contributed by atoms with Gasteiger partial charge in [0.05, 0.1) is 5.92 Å². The van der Waals surface area contributed by atoms with Crippen LogP contribution in [0.15, 0.2) is 18.2 Å². The van der Waals surface area contributed by atoms with Crippen LogP contribution in [0.1, 0.15) is 22.8 Å². The molecule has 1 aromatic carbocycles. The first-order chi connectivity index (χ1) is 8.88. The van der Waals surface area contributed by atoms with E-state index < -0.39 is 11.9 Å². The lowest BCUT2D eigenvalue weighted by Crippen LogP contribution is -2.53. The summed E-state index contributed by atoms with van der Waals surface area (Å²) in [4.78, 5) is 24.7. The number of halogens is 1. The summed E-state index contributed by atoms with van der Waals surface area (Å²) in [6.07, 6.45) is 0. The Kier molecular flexibility index (Phi) is 3.80. The third-order valence-corrected chi connectivity index (χ3v) is 3.80.